The summed E-state index contributed by atoms with van der Waals surface area (Å²) in [5, 5.41) is 18.3. The van der Waals surface area contributed by atoms with E-state index in [9.17, 15) is 13.2 Å². The summed E-state index contributed by atoms with van der Waals surface area (Å²) in [4.78, 5) is 19.5. The van der Waals surface area contributed by atoms with Gasteiger partial charge in [0.1, 0.15) is 5.69 Å². The fraction of sp³-hybridized carbons (Fsp3) is 0.333. The van der Waals surface area contributed by atoms with Crippen molar-refractivity contribution in [2.75, 3.05) is 33.8 Å². The van der Waals surface area contributed by atoms with E-state index in [1.807, 2.05) is 40.4 Å². The van der Waals surface area contributed by atoms with Gasteiger partial charge in [0, 0.05) is 60.6 Å². The van der Waals surface area contributed by atoms with E-state index in [4.69, 9.17) is 14.6 Å². The minimum Gasteiger partial charge on any atom is -0.481 e. The molecule has 13 heteroatoms. The number of carboxylic acid groups (broad SMARTS) is 1. The summed E-state index contributed by atoms with van der Waals surface area (Å²) in [5.41, 5.74) is 4.15. The lowest BCUT2D eigenvalue weighted by molar-refractivity contribution is -0.192. The third kappa shape index (κ3) is 6.42. The number of carbonyl (C=O) groups is 1. The smallest absolute Gasteiger partial charge is 0.481 e. The van der Waals surface area contributed by atoms with E-state index in [0.717, 1.165) is 48.5 Å². The minimum absolute atomic E-state index is 0.227. The molecule has 4 aromatic rings. The van der Waals surface area contributed by atoms with Crippen molar-refractivity contribution in [2.24, 2.45) is 0 Å². The van der Waals surface area contributed by atoms with Gasteiger partial charge in [0.2, 0.25) is 5.88 Å². The molecule has 1 unspecified atom stereocenters. The van der Waals surface area contributed by atoms with Crippen molar-refractivity contribution in [3.8, 4) is 17.0 Å². The monoisotopic (exact) mass is 534 g/mol. The van der Waals surface area contributed by atoms with Crippen LogP contribution in [0.3, 0.4) is 0 Å². The number of thiophene rings is 1. The van der Waals surface area contributed by atoms with Crippen molar-refractivity contribution in [2.45, 2.75) is 18.8 Å². The van der Waals surface area contributed by atoms with Gasteiger partial charge in [-0.05, 0) is 30.6 Å². The molecule has 1 N–H and O–H groups in total. The number of hydrogen-bond donors (Lipinski definition) is 1. The summed E-state index contributed by atoms with van der Waals surface area (Å²) in [6.45, 7) is 4.03. The standard InChI is InChI=1S/C22H24N6OS.C2HF3O2/c1-26-9-10-27(14-18-4-3-11-30-18)15-20(26)22-19-7-5-17(13-28(19)25-24-22)16-6-8-21(29-2)23-12-16;3-2(4,5)1(6)7/h3-8,11-13,20H,9-10,14-15H2,1-2H3;(H,6,7). The van der Waals surface area contributed by atoms with Crippen LogP contribution in [-0.2, 0) is 11.3 Å². The SMILES string of the molecule is COc1ccc(-c2ccc3c(C4CN(Cc5cccs5)CCN4C)nnn3c2)cn1.O=C(O)C(F)(F)F. The Bertz CT molecular complexity index is 1330. The van der Waals surface area contributed by atoms with Gasteiger partial charge in [-0.15, -0.1) is 16.4 Å². The maximum atomic E-state index is 10.6. The molecule has 1 aliphatic rings. The molecule has 0 amide bonds. The predicted octanol–water partition coefficient (Wildman–Crippen LogP) is 3.98. The molecule has 5 heterocycles. The normalized spacial score (nSPS) is 16.8. The number of rotatable bonds is 5. The molecule has 196 valence electrons. The Morgan fingerprint density at radius 3 is 2.57 bits per heavy atom. The lowest BCUT2D eigenvalue weighted by atomic mass is 10.1. The number of pyridine rings is 2. The fourth-order valence-electron chi connectivity index (χ4n) is 3.99. The van der Waals surface area contributed by atoms with Gasteiger partial charge in [0.15, 0.2) is 0 Å². The third-order valence-electron chi connectivity index (χ3n) is 5.97. The van der Waals surface area contributed by atoms with Crippen LogP contribution in [0.25, 0.3) is 16.6 Å². The summed E-state index contributed by atoms with van der Waals surface area (Å²) in [5.74, 6) is -2.15. The van der Waals surface area contributed by atoms with Gasteiger partial charge in [0.25, 0.3) is 0 Å². The lowest BCUT2D eigenvalue weighted by Gasteiger charge is -2.38. The number of aromatic nitrogens is 4. The molecule has 1 atom stereocenters. The zero-order valence-electron chi connectivity index (χ0n) is 20.1. The lowest BCUT2D eigenvalue weighted by Crippen LogP contribution is -2.46. The average Bonchev–Trinajstić information content (AvgIpc) is 3.54. The second-order valence-electron chi connectivity index (χ2n) is 8.43. The highest BCUT2D eigenvalue weighted by atomic mass is 32.1. The van der Waals surface area contributed by atoms with Crippen molar-refractivity contribution in [3.05, 3.63) is 64.7 Å². The fourth-order valence-corrected chi connectivity index (χ4v) is 4.73. The summed E-state index contributed by atoms with van der Waals surface area (Å²) >= 11 is 1.82. The number of halogens is 3. The van der Waals surface area contributed by atoms with Gasteiger partial charge in [-0.3, -0.25) is 9.80 Å². The number of piperazine rings is 1. The highest BCUT2D eigenvalue weighted by Crippen LogP contribution is 2.29. The van der Waals surface area contributed by atoms with Crippen molar-refractivity contribution >= 4 is 22.8 Å². The summed E-state index contributed by atoms with van der Waals surface area (Å²) in [7, 11) is 3.80. The van der Waals surface area contributed by atoms with Crippen molar-refractivity contribution in [1.29, 1.82) is 0 Å². The first-order chi connectivity index (χ1) is 17.7. The maximum absolute atomic E-state index is 10.6. The van der Waals surface area contributed by atoms with Gasteiger partial charge in [0.05, 0.1) is 18.7 Å². The first-order valence-corrected chi connectivity index (χ1v) is 12.1. The van der Waals surface area contributed by atoms with E-state index in [-0.39, 0.29) is 6.04 Å². The molecule has 9 nitrogen and oxygen atoms in total. The van der Waals surface area contributed by atoms with Crippen LogP contribution in [0.4, 0.5) is 13.2 Å². The van der Waals surface area contributed by atoms with Crippen LogP contribution in [0.2, 0.25) is 0 Å². The predicted molar refractivity (Wildman–Crippen MR) is 131 cm³/mol. The highest BCUT2D eigenvalue weighted by molar-refractivity contribution is 7.09. The van der Waals surface area contributed by atoms with Crippen LogP contribution >= 0.6 is 11.3 Å². The number of hydrogen-bond acceptors (Lipinski definition) is 8. The van der Waals surface area contributed by atoms with E-state index >= 15 is 0 Å². The third-order valence-corrected chi connectivity index (χ3v) is 6.83. The number of nitrogens with zero attached hydrogens (tertiary/aromatic N) is 6. The molecular weight excluding hydrogens is 509 g/mol. The topological polar surface area (TPSA) is 96.1 Å². The zero-order chi connectivity index (χ0) is 26.6. The Balaban J connectivity index is 0.000000405. The Morgan fingerprint density at radius 1 is 1.19 bits per heavy atom. The summed E-state index contributed by atoms with van der Waals surface area (Å²) in [6, 6.07) is 12.6. The molecule has 0 aromatic carbocycles. The Morgan fingerprint density at radius 2 is 1.95 bits per heavy atom. The van der Waals surface area contributed by atoms with Crippen molar-refractivity contribution < 1.29 is 27.8 Å². The number of alkyl halides is 3. The van der Waals surface area contributed by atoms with Crippen LogP contribution in [0, 0.1) is 0 Å². The largest absolute Gasteiger partial charge is 0.490 e. The number of ether oxygens (including phenoxy) is 1. The van der Waals surface area contributed by atoms with Gasteiger partial charge in [-0.25, -0.2) is 14.3 Å². The Hall–Kier alpha value is -3.55. The molecular formula is C24H25F3N6O3S. The van der Waals surface area contributed by atoms with E-state index in [0.29, 0.717) is 5.88 Å². The molecule has 5 rings (SSSR count). The second-order valence-corrected chi connectivity index (χ2v) is 9.46. The van der Waals surface area contributed by atoms with Gasteiger partial charge >= 0.3 is 12.1 Å². The molecule has 0 saturated carbocycles. The molecule has 0 spiro atoms. The molecule has 0 radical (unpaired) electrons. The van der Waals surface area contributed by atoms with Crippen molar-refractivity contribution in [1.82, 2.24) is 29.6 Å². The average molecular weight is 535 g/mol. The van der Waals surface area contributed by atoms with Gasteiger partial charge in [-0.2, -0.15) is 13.2 Å². The summed E-state index contributed by atoms with van der Waals surface area (Å²) < 4.78 is 38.8. The number of fused-ring (bicyclic) bond motifs is 1. The van der Waals surface area contributed by atoms with E-state index in [1.165, 1.54) is 4.88 Å². The first kappa shape index (κ1) is 26.5. The first-order valence-electron chi connectivity index (χ1n) is 11.3. The molecule has 1 aliphatic heterocycles. The molecule has 1 fully saturated rings. The van der Waals surface area contributed by atoms with Crippen LogP contribution in [-0.4, -0.2) is 80.7 Å². The van der Waals surface area contributed by atoms with Gasteiger partial charge < -0.3 is 9.84 Å². The Kier molecular flexibility index (Phi) is 8.05. The molecule has 37 heavy (non-hydrogen) atoms. The summed E-state index contributed by atoms with van der Waals surface area (Å²) in [6.07, 6.45) is -1.25. The maximum Gasteiger partial charge on any atom is 0.490 e. The second kappa shape index (κ2) is 11.2. The number of aliphatic carboxylic acids is 1. The molecule has 0 bridgehead atoms. The van der Waals surface area contributed by atoms with Crippen LogP contribution in [0.15, 0.2) is 54.2 Å². The number of likely N-dealkylation sites (N-methyl/N-ethyl adjacent to an activating group) is 1. The van der Waals surface area contributed by atoms with Crippen LogP contribution in [0.5, 0.6) is 5.88 Å². The molecule has 1 saturated heterocycles. The zero-order valence-corrected chi connectivity index (χ0v) is 20.9. The van der Waals surface area contributed by atoms with Crippen LogP contribution < -0.4 is 4.74 Å². The Labute approximate surface area is 214 Å². The van der Waals surface area contributed by atoms with Crippen LogP contribution in [0.1, 0.15) is 16.6 Å². The quantitative estimate of drug-likeness (QED) is 0.411. The molecule has 0 aliphatic carbocycles. The van der Waals surface area contributed by atoms with E-state index < -0.39 is 12.1 Å². The van der Waals surface area contributed by atoms with Gasteiger partial charge in [-0.1, -0.05) is 17.3 Å². The number of carboxylic acids is 1. The minimum atomic E-state index is -5.08. The molecule has 4 aromatic heterocycles. The highest BCUT2D eigenvalue weighted by Gasteiger charge is 2.38. The number of methoxy groups -OCH3 is 1. The van der Waals surface area contributed by atoms with E-state index in [2.05, 4.69) is 61.8 Å². The van der Waals surface area contributed by atoms with Crippen molar-refractivity contribution in [3.63, 3.8) is 0 Å². The van der Waals surface area contributed by atoms with E-state index in [1.54, 1.807) is 7.11 Å².